The van der Waals surface area contributed by atoms with Crippen molar-refractivity contribution in [3.8, 4) is 5.75 Å². The molecule has 2 amide bonds. The third kappa shape index (κ3) is 5.06. The van der Waals surface area contributed by atoms with Crippen LogP contribution in [0.4, 0.5) is 0 Å². The molecule has 2 aromatic carbocycles. The third-order valence-corrected chi connectivity index (χ3v) is 5.85. The van der Waals surface area contributed by atoms with Gasteiger partial charge in [-0.05, 0) is 49.6 Å². The monoisotopic (exact) mass is 433 g/mol. The third-order valence-electron chi connectivity index (χ3n) is 5.85. The van der Waals surface area contributed by atoms with Crippen LogP contribution in [0.1, 0.15) is 36.1 Å². The summed E-state index contributed by atoms with van der Waals surface area (Å²) >= 11 is 0. The van der Waals surface area contributed by atoms with Crippen LogP contribution in [0.15, 0.2) is 54.6 Å². The Hall–Kier alpha value is -3.45. The van der Waals surface area contributed by atoms with Gasteiger partial charge in [0.1, 0.15) is 12.4 Å². The number of aryl methyl sites for hydroxylation is 1. The van der Waals surface area contributed by atoms with E-state index in [1.54, 1.807) is 10.4 Å². The molecular formula is C25H27N3O4. The number of para-hydroxylation sites is 1. The summed E-state index contributed by atoms with van der Waals surface area (Å²) in [4.78, 5) is 30.5. The standard InChI is InChI=1S/C25H27N3O4/c1-17-13-19(22-6-2-3-7-23(22)26-17)16-32-21-10-8-18(9-11-21)14-25(30)28-12-4-5-20(28)15-24(29)27-31/h2-3,6-11,13,20,31H,4-5,12,14-16H2,1H3,(H,27,29). The van der Waals surface area contributed by atoms with Crippen molar-refractivity contribution < 1.29 is 19.5 Å². The number of amides is 2. The maximum atomic E-state index is 12.7. The van der Waals surface area contributed by atoms with E-state index in [-0.39, 0.29) is 24.8 Å². The molecule has 1 aliphatic rings. The number of nitrogens with zero attached hydrogens (tertiary/aromatic N) is 2. The van der Waals surface area contributed by atoms with E-state index >= 15 is 0 Å². The molecule has 0 bridgehead atoms. The maximum Gasteiger partial charge on any atom is 0.245 e. The second-order valence-electron chi connectivity index (χ2n) is 8.17. The molecule has 2 heterocycles. The highest BCUT2D eigenvalue weighted by Crippen LogP contribution is 2.23. The summed E-state index contributed by atoms with van der Waals surface area (Å²) in [6.45, 7) is 3.05. The van der Waals surface area contributed by atoms with Gasteiger partial charge < -0.3 is 9.64 Å². The molecule has 1 unspecified atom stereocenters. The summed E-state index contributed by atoms with van der Waals surface area (Å²) in [5.74, 6) is 0.262. The summed E-state index contributed by atoms with van der Waals surface area (Å²) in [6.07, 6.45) is 2.03. The minimum absolute atomic E-state index is 0.00867. The van der Waals surface area contributed by atoms with Crippen molar-refractivity contribution in [3.63, 3.8) is 0 Å². The van der Waals surface area contributed by atoms with Crippen molar-refractivity contribution in [2.75, 3.05) is 6.54 Å². The lowest BCUT2D eigenvalue weighted by molar-refractivity contribution is -0.134. The molecule has 3 aromatic rings. The number of rotatable bonds is 7. The summed E-state index contributed by atoms with van der Waals surface area (Å²) in [7, 11) is 0. The number of likely N-dealkylation sites (tertiary alicyclic amines) is 1. The van der Waals surface area contributed by atoms with Crippen LogP contribution in [0.2, 0.25) is 0 Å². The first-order chi connectivity index (χ1) is 15.5. The fourth-order valence-corrected chi connectivity index (χ4v) is 4.29. The lowest BCUT2D eigenvalue weighted by atomic mass is 10.1. The number of ether oxygens (including phenoxy) is 1. The number of hydrogen-bond acceptors (Lipinski definition) is 5. The molecule has 2 N–H and O–H groups in total. The number of aromatic nitrogens is 1. The van der Waals surface area contributed by atoms with Crippen molar-refractivity contribution in [2.45, 2.75) is 45.3 Å². The first kappa shape index (κ1) is 21.8. The molecule has 7 nitrogen and oxygen atoms in total. The van der Waals surface area contributed by atoms with Crippen LogP contribution >= 0.6 is 0 Å². The normalized spacial score (nSPS) is 15.7. The minimum atomic E-state index is -0.464. The van der Waals surface area contributed by atoms with Gasteiger partial charge in [-0.15, -0.1) is 0 Å². The zero-order chi connectivity index (χ0) is 22.5. The topological polar surface area (TPSA) is 91.8 Å². The fourth-order valence-electron chi connectivity index (χ4n) is 4.29. The molecule has 166 valence electrons. The Balaban J connectivity index is 1.37. The Morgan fingerprint density at radius 2 is 1.97 bits per heavy atom. The second kappa shape index (κ2) is 9.78. The zero-order valence-electron chi connectivity index (χ0n) is 18.1. The van der Waals surface area contributed by atoms with E-state index in [1.165, 1.54) is 0 Å². The number of carbonyl (C=O) groups is 2. The van der Waals surface area contributed by atoms with Gasteiger partial charge in [0.15, 0.2) is 0 Å². The molecule has 32 heavy (non-hydrogen) atoms. The van der Waals surface area contributed by atoms with E-state index in [1.807, 2.05) is 61.5 Å². The molecular weight excluding hydrogens is 406 g/mol. The number of fused-ring (bicyclic) bond motifs is 1. The number of nitrogens with one attached hydrogen (secondary N) is 1. The van der Waals surface area contributed by atoms with Crippen LogP contribution in [-0.2, 0) is 22.6 Å². The van der Waals surface area contributed by atoms with E-state index in [0.29, 0.717) is 13.2 Å². The van der Waals surface area contributed by atoms with E-state index < -0.39 is 5.91 Å². The van der Waals surface area contributed by atoms with E-state index in [4.69, 9.17) is 9.94 Å². The lowest BCUT2D eigenvalue weighted by Crippen LogP contribution is -2.39. The van der Waals surface area contributed by atoms with Crippen LogP contribution in [0.5, 0.6) is 5.75 Å². The molecule has 7 heteroatoms. The zero-order valence-corrected chi connectivity index (χ0v) is 18.1. The Labute approximate surface area is 187 Å². The fraction of sp³-hybridized carbons (Fsp3) is 0.320. The highest BCUT2D eigenvalue weighted by Gasteiger charge is 2.30. The maximum absolute atomic E-state index is 12.7. The molecule has 1 fully saturated rings. The molecule has 1 aromatic heterocycles. The summed E-state index contributed by atoms with van der Waals surface area (Å²) in [6, 6.07) is 17.4. The van der Waals surface area contributed by atoms with Crippen LogP contribution in [0, 0.1) is 6.92 Å². The van der Waals surface area contributed by atoms with Gasteiger partial charge in [0.05, 0.1) is 11.9 Å². The number of hydroxylamine groups is 1. The molecule has 0 radical (unpaired) electrons. The van der Waals surface area contributed by atoms with Gasteiger partial charge in [-0.3, -0.25) is 19.8 Å². The number of carbonyl (C=O) groups excluding carboxylic acids is 2. The van der Waals surface area contributed by atoms with Crippen molar-refractivity contribution in [2.24, 2.45) is 0 Å². The van der Waals surface area contributed by atoms with Crippen molar-refractivity contribution in [1.82, 2.24) is 15.4 Å². The number of hydrogen-bond donors (Lipinski definition) is 2. The first-order valence-corrected chi connectivity index (χ1v) is 10.8. The molecule has 1 aliphatic heterocycles. The SMILES string of the molecule is Cc1cc(COc2ccc(CC(=O)N3CCCC3CC(=O)NO)cc2)c2ccccc2n1. The molecule has 0 aliphatic carbocycles. The molecule has 4 rings (SSSR count). The Morgan fingerprint density at radius 3 is 2.75 bits per heavy atom. The van der Waals surface area contributed by atoms with Gasteiger partial charge in [0.25, 0.3) is 0 Å². The minimum Gasteiger partial charge on any atom is -0.489 e. The summed E-state index contributed by atoms with van der Waals surface area (Å²) in [5.41, 5.74) is 5.53. The number of pyridine rings is 1. The van der Waals surface area contributed by atoms with Gasteiger partial charge >= 0.3 is 0 Å². The Bertz CT molecular complexity index is 1110. The summed E-state index contributed by atoms with van der Waals surface area (Å²) < 4.78 is 6.00. The highest BCUT2D eigenvalue weighted by atomic mass is 16.5. The first-order valence-electron chi connectivity index (χ1n) is 10.8. The van der Waals surface area contributed by atoms with E-state index in [0.717, 1.165) is 46.3 Å². The van der Waals surface area contributed by atoms with Gasteiger partial charge in [-0.25, -0.2) is 5.48 Å². The molecule has 1 atom stereocenters. The molecule has 0 spiro atoms. The largest absolute Gasteiger partial charge is 0.489 e. The smallest absolute Gasteiger partial charge is 0.245 e. The average molecular weight is 434 g/mol. The van der Waals surface area contributed by atoms with Crippen LogP contribution < -0.4 is 10.2 Å². The van der Waals surface area contributed by atoms with Crippen LogP contribution in [0.3, 0.4) is 0 Å². The van der Waals surface area contributed by atoms with Gasteiger partial charge in [-0.1, -0.05) is 30.3 Å². The van der Waals surface area contributed by atoms with Gasteiger partial charge in [0.2, 0.25) is 11.8 Å². The molecule has 0 saturated carbocycles. The quantitative estimate of drug-likeness (QED) is 0.439. The van der Waals surface area contributed by atoms with Crippen molar-refractivity contribution in [3.05, 3.63) is 71.4 Å². The Morgan fingerprint density at radius 1 is 1.19 bits per heavy atom. The Kier molecular flexibility index (Phi) is 6.66. The van der Waals surface area contributed by atoms with E-state index in [9.17, 15) is 9.59 Å². The summed E-state index contributed by atoms with van der Waals surface area (Å²) in [5, 5.41) is 9.82. The highest BCUT2D eigenvalue weighted by molar-refractivity contribution is 5.82. The second-order valence-corrected chi connectivity index (χ2v) is 8.17. The van der Waals surface area contributed by atoms with Gasteiger partial charge in [-0.2, -0.15) is 0 Å². The lowest BCUT2D eigenvalue weighted by Gasteiger charge is -2.24. The van der Waals surface area contributed by atoms with Crippen LogP contribution in [-0.4, -0.2) is 39.5 Å². The predicted octanol–water partition coefficient (Wildman–Crippen LogP) is 3.55. The molecule has 1 saturated heterocycles. The number of benzene rings is 2. The van der Waals surface area contributed by atoms with Crippen LogP contribution in [0.25, 0.3) is 10.9 Å². The van der Waals surface area contributed by atoms with Crippen molar-refractivity contribution >= 4 is 22.7 Å². The van der Waals surface area contributed by atoms with E-state index in [2.05, 4.69) is 4.98 Å². The van der Waals surface area contributed by atoms with Gasteiger partial charge in [0, 0.05) is 35.7 Å². The predicted molar refractivity (Wildman–Crippen MR) is 120 cm³/mol. The van der Waals surface area contributed by atoms with Crippen molar-refractivity contribution in [1.29, 1.82) is 0 Å². The average Bonchev–Trinajstić information content (AvgIpc) is 3.26.